The Balaban J connectivity index is 2.17. The van der Waals surface area contributed by atoms with Gasteiger partial charge in [-0.25, -0.2) is 0 Å². The molecule has 0 bridgehead atoms. The molecule has 0 spiro atoms. The van der Waals surface area contributed by atoms with E-state index in [4.69, 9.17) is 15.9 Å². The molecule has 2 nitrogen and oxygen atoms in total. The van der Waals surface area contributed by atoms with Gasteiger partial charge >= 0.3 is 0 Å². The van der Waals surface area contributed by atoms with Gasteiger partial charge in [0.15, 0.2) is 0 Å². The summed E-state index contributed by atoms with van der Waals surface area (Å²) >= 11 is 0. The smallest absolute Gasteiger partial charge is 0.107 e. The maximum Gasteiger partial charge on any atom is 0.107 e. The van der Waals surface area contributed by atoms with E-state index in [1.54, 1.807) is 0 Å². The Morgan fingerprint density at radius 2 is 2.36 bits per heavy atom. The van der Waals surface area contributed by atoms with Gasteiger partial charge in [-0.3, -0.25) is 0 Å². The first-order valence-electron chi connectivity index (χ1n) is 3.92. The largest absolute Gasteiger partial charge is 0.380 e. The van der Waals surface area contributed by atoms with E-state index in [0.29, 0.717) is 6.61 Å². The average molecular weight is 154 g/mol. The van der Waals surface area contributed by atoms with Gasteiger partial charge < -0.3 is 9.47 Å². The molecular formula is C9H14O2. The Morgan fingerprint density at radius 1 is 1.64 bits per heavy atom. The highest BCUT2D eigenvalue weighted by molar-refractivity contribution is 4.87. The summed E-state index contributed by atoms with van der Waals surface area (Å²) in [6, 6.07) is 0. The first kappa shape index (κ1) is 8.58. The molecule has 0 aromatic rings. The van der Waals surface area contributed by atoms with Crippen molar-refractivity contribution in [3.63, 3.8) is 0 Å². The summed E-state index contributed by atoms with van der Waals surface area (Å²) in [5.41, 5.74) is 0.275. The van der Waals surface area contributed by atoms with Gasteiger partial charge in [0.05, 0.1) is 19.8 Å². The van der Waals surface area contributed by atoms with Crippen LogP contribution in [0.3, 0.4) is 0 Å². The molecule has 0 aromatic heterocycles. The van der Waals surface area contributed by atoms with E-state index < -0.39 is 0 Å². The van der Waals surface area contributed by atoms with E-state index in [1.165, 1.54) is 0 Å². The van der Waals surface area contributed by atoms with E-state index in [2.05, 4.69) is 12.8 Å². The molecule has 2 heteroatoms. The fraction of sp³-hybridized carbons (Fsp3) is 0.778. The van der Waals surface area contributed by atoms with Crippen LogP contribution in [0.2, 0.25) is 0 Å². The molecule has 0 saturated carbocycles. The summed E-state index contributed by atoms with van der Waals surface area (Å²) in [4.78, 5) is 0. The van der Waals surface area contributed by atoms with Gasteiger partial charge in [0.2, 0.25) is 0 Å². The van der Waals surface area contributed by atoms with Gasteiger partial charge in [-0.1, -0.05) is 12.8 Å². The van der Waals surface area contributed by atoms with Crippen LogP contribution >= 0.6 is 0 Å². The molecule has 1 rings (SSSR count). The van der Waals surface area contributed by atoms with Crippen molar-refractivity contribution >= 4 is 0 Å². The van der Waals surface area contributed by atoms with Gasteiger partial charge in [-0.2, -0.15) is 0 Å². The van der Waals surface area contributed by atoms with Crippen LogP contribution in [0.15, 0.2) is 0 Å². The zero-order valence-electron chi connectivity index (χ0n) is 6.93. The lowest BCUT2D eigenvalue weighted by molar-refractivity contribution is -0.147. The quantitative estimate of drug-likeness (QED) is 0.445. The second-order valence-electron chi connectivity index (χ2n) is 3.04. The lowest BCUT2D eigenvalue weighted by Crippen LogP contribution is -2.45. The van der Waals surface area contributed by atoms with E-state index in [-0.39, 0.29) is 5.41 Å². The number of hydrogen-bond donors (Lipinski definition) is 0. The normalized spacial score (nSPS) is 20.4. The number of rotatable bonds is 4. The van der Waals surface area contributed by atoms with Crippen LogP contribution in [0, 0.1) is 17.8 Å². The first-order valence-corrected chi connectivity index (χ1v) is 3.92. The Labute approximate surface area is 67.9 Å². The molecule has 0 aromatic carbocycles. The molecule has 0 atom stereocenters. The lowest BCUT2D eigenvalue weighted by Gasteiger charge is -2.40. The Morgan fingerprint density at radius 3 is 2.73 bits per heavy atom. The molecule has 1 aliphatic heterocycles. The van der Waals surface area contributed by atoms with Crippen molar-refractivity contribution in [3.8, 4) is 12.3 Å². The van der Waals surface area contributed by atoms with Crippen molar-refractivity contribution in [2.45, 2.75) is 13.3 Å². The first-order chi connectivity index (χ1) is 5.33. The summed E-state index contributed by atoms with van der Waals surface area (Å²) in [7, 11) is 0. The van der Waals surface area contributed by atoms with Crippen molar-refractivity contribution < 1.29 is 9.47 Å². The van der Waals surface area contributed by atoms with E-state index in [1.807, 2.05) is 0 Å². The second-order valence-corrected chi connectivity index (χ2v) is 3.04. The van der Waals surface area contributed by atoms with Crippen LogP contribution in [0.1, 0.15) is 13.3 Å². The molecule has 0 aliphatic carbocycles. The van der Waals surface area contributed by atoms with Gasteiger partial charge in [-0.05, 0) is 6.42 Å². The third kappa shape index (κ3) is 1.95. The van der Waals surface area contributed by atoms with Crippen molar-refractivity contribution in [2.75, 3.05) is 26.4 Å². The molecule has 1 heterocycles. The molecule has 0 radical (unpaired) electrons. The molecule has 0 N–H and O–H groups in total. The van der Waals surface area contributed by atoms with Crippen LogP contribution in [0.4, 0.5) is 0 Å². The van der Waals surface area contributed by atoms with Crippen LogP contribution in [0.5, 0.6) is 0 Å². The number of ether oxygens (including phenoxy) is 2. The Kier molecular flexibility index (Phi) is 2.92. The minimum absolute atomic E-state index is 0.275. The molecular weight excluding hydrogens is 140 g/mol. The molecule has 1 fully saturated rings. The van der Waals surface area contributed by atoms with Crippen LogP contribution in [-0.2, 0) is 9.47 Å². The third-order valence-electron chi connectivity index (χ3n) is 2.16. The van der Waals surface area contributed by atoms with Crippen LogP contribution < -0.4 is 0 Å². The highest BCUT2D eigenvalue weighted by Crippen LogP contribution is 2.31. The van der Waals surface area contributed by atoms with Gasteiger partial charge in [0.25, 0.3) is 0 Å². The minimum atomic E-state index is 0.275. The number of terminal acetylenes is 1. The van der Waals surface area contributed by atoms with E-state index in [0.717, 1.165) is 26.2 Å². The monoisotopic (exact) mass is 154 g/mol. The van der Waals surface area contributed by atoms with E-state index in [9.17, 15) is 0 Å². The maximum atomic E-state index is 5.26. The van der Waals surface area contributed by atoms with Crippen molar-refractivity contribution in [1.82, 2.24) is 0 Å². The fourth-order valence-corrected chi connectivity index (χ4v) is 1.11. The lowest BCUT2D eigenvalue weighted by atomic mass is 9.84. The van der Waals surface area contributed by atoms with Crippen molar-refractivity contribution in [1.29, 1.82) is 0 Å². The molecule has 1 aliphatic rings. The number of hydrogen-bond acceptors (Lipinski definition) is 2. The predicted octanol–water partition coefficient (Wildman–Crippen LogP) is 1.06. The summed E-state index contributed by atoms with van der Waals surface area (Å²) in [6.07, 6.45) is 6.16. The third-order valence-corrected chi connectivity index (χ3v) is 2.16. The Bertz CT molecular complexity index is 148. The molecule has 0 amide bonds. The molecule has 11 heavy (non-hydrogen) atoms. The topological polar surface area (TPSA) is 18.5 Å². The zero-order chi connectivity index (χ0) is 8.16. The Hall–Kier alpha value is -0.520. The maximum absolute atomic E-state index is 5.26. The minimum Gasteiger partial charge on any atom is -0.380 e. The van der Waals surface area contributed by atoms with Crippen molar-refractivity contribution in [2.24, 2.45) is 5.41 Å². The van der Waals surface area contributed by atoms with Gasteiger partial charge in [0, 0.05) is 5.41 Å². The molecule has 0 unspecified atom stereocenters. The summed E-state index contributed by atoms with van der Waals surface area (Å²) in [5, 5.41) is 0. The average Bonchev–Trinajstić information content (AvgIpc) is 1.95. The molecule has 1 saturated heterocycles. The standard InChI is InChI=1S/C9H14O2/c1-3-5-10-6-9(4-2)7-11-8-9/h1H,4-8H2,2H3. The molecule has 62 valence electrons. The zero-order valence-corrected chi connectivity index (χ0v) is 6.93. The van der Waals surface area contributed by atoms with E-state index >= 15 is 0 Å². The predicted molar refractivity (Wildman–Crippen MR) is 43.2 cm³/mol. The van der Waals surface area contributed by atoms with Crippen LogP contribution in [-0.4, -0.2) is 26.4 Å². The second kappa shape index (κ2) is 3.75. The highest BCUT2D eigenvalue weighted by Gasteiger charge is 2.36. The highest BCUT2D eigenvalue weighted by atomic mass is 16.5. The summed E-state index contributed by atoms with van der Waals surface area (Å²) < 4.78 is 10.4. The summed E-state index contributed by atoms with van der Waals surface area (Å²) in [6.45, 7) is 4.97. The van der Waals surface area contributed by atoms with Crippen LogP contribution in [0.25, 0.3) is 0 Å². The fourth-order valence-electron chi connectivity index (χ4n) is 1.11. The SMILES string of the molecule is C#CCOCC1(CC)COC1. The van der Waals surface area contributed by atoms with Gasteiger partial charge in [-0.15, -0.1) is 6.42 Å². The van der Waals surface area contributed by atoms with Gasteiger partial charge in [0.1, 0.15) is 6.61 Å². The summed E-state index contributed by atoms with van der Waals surface area (Å²) in [5.74, 6) is 2.45. The van der Waals surface area contributed by atoms with Crippen molar-refractivity contribution in [3.05, 3.63) is 0 Å².